The molecule has 0 spiro atoms. The van der Waals surface area contributed by atoms with Gasteiger partial charge in [0.2, 0.25) is 10.0 Å². The predicted octanol–water partition coefficient (Wildman–Crippen LogP) is 3.76. The van der Waals surface area contributed by atoms with Gasteiger partial charge in [-0.25, -0.2) is 13.1 Å². The Morgan fingerprint density at radius 3 is 2.63 bits per heavy atom. The minimum absolute atomic E-state index is 0.119. The maximum Gasteiger partial charge on any atom is 0.241 e. The molecule has 0 aliphatic carbocycles. The minimum Gasteiger partial charge on any atom is -0.379 e. The van der Waals surface area contributed by atoms with Crippen LogP contribution in [0.25, 0.3) is 0 Å². The molecule has 1 atom stereocenters. The zero-order valence-corrected chi connectivity index (χ0v) is 18.1. The second kappa shape index (κ2) is 9.03. The highest BCUT2D eigenvalue weighted by atomic mass is 79.9. The summed E-state index contributed by atoms with van der Waals surface area (Å²) in [5.74, 6) is 0. The van der Waals surface area contributed by atoms with Crippen LogP contribution in [0.15, 0.2) is 51.8 Å². The van der Waals surface area contributed by atoms with Gasteiger partial charge in [-0.05, 0) is 58.2 Å². The topological polar surface area (TPSA) is 58.6 Å². The van der Waals surface area contributed by atoms with Crippen molar-refractivity contribution in [3.05, 3.63) is 63.1 Å². The van der Waals surface area contributed by atoms with Crippen molar-refractivity contribution in [1.82, 2.24) is 9.62 Å². The van der Waals surface area contributed by atoms with Gasteiger partial charge >= 0.3 is 0 Å². The van der Waals surface area contributed by atoms with Gasteiger partial charge in [0.25, 0.3) is 0 Å². The lowest BCUT2D eigenvalue weighted by Gasteiger charge is -2.35. The van der Waals surface area contributed by atoms with Crippen LogP contribution in [0.2, 0.25) is 5.02 Å². The lowest BCUT2D eigenvalue weighted by atomic mass is 10.1. The first-order valence-corrected chi connectivity index (χ1v) is 11.4. The van der Waals surface area contributed by atoms with Crippen molar-refractivity contribution in [2.24, 2.45) is 0 Å². The van der Waals surface area contributed by atoms with Gasteiger partial charge in [-0.2, -0.15) is 0 Å². The average Bonchev–Trinajstić information content (AvgIpc) is 2.62. The number of sulfonamides is 1. The maximum absolute atomic E-state index is 12.8. The molecule has 3 rings (SSSR count). The largest absolute Gasteiger partial charge is 0.379 e. The molecule has 1 unspecified atom stereocenters. The fourth-order valence-electron chi connectivity index (χ4n) is 3.15. The lowest BCUT2D eigenvalue weighted by Crippen LogP contribution is -2.43. The molecule has 0 aromatic heterocycles. The molecule has 1 aliphatic rings. The van der Waals surface area contributed by atoms with Crippen LogP contribution in [-0.4, -0.2) is 46.2 Å². The first-order chi connectivity index (χ1) is 12.9. The molecule has 1 saturated heterocycles. The van der Waals surface area contributed by atoms with Crippen LogP contribution < -0.4 is 4.72 Å². The van der Waals surface area contributed by atoms with Crippen LogP contribution in [0.5, 0.6) is 0 Å². The zero-order chi connectivity index (χ0) is 19.4. The SMILES string of the molecule is Cc1ccc(S(=O)(=O)NCC(c2cccc(Cl)c2)N2CCOCC2)c(Br)c1. The molecule has 1 heterocycles. The Balaban J connectivity index is 1.83. The molecule has 1 fully saturated rings. The number of aryl methyl sites for hydroxylation is 1. The molecule has 1 aliphatic heterocycles. The van der Waals surface area contributed by atoms with Crippen LogP contribution in [0.4, 0.5) is 0 Å². The van der Waals surface area contributed by atoms with E-state index in [2.05, 4.69) is 25.6 Å². The summed E-state index contributed by atoms with van der Waals surface area (Å²) in [6, 6.07) is 12.6. The second-order valence-electron chi connectivity index (χ2n) is 6.50. The first-order valence-electron chi connectivity index (χ1n) is 8.70. The van der Waals surface area contributed by atoms with Crippen molar-refractivity contribution >= 4 is 37.6 Å². The Bertz CT molecular complexity index is 902. The number of rotatable bonds is 6. The molecular weight excluding hydrogens is 452 g/mol. The van der Waals surface area contributed by atoms with Gasteiger partial charge < -0.3 is 4.74 Å². The Morgan fingerprint density at radius 2 is 1.96 bits per heavy atom. The van der Waals surface area contributed by atoms with Gasteiger partial charge in [0, 0.05) is 35.2 Å². The average molecular weight is 474 g/mol. The van der Waals surface area contributed by atoms with Crippen molar-refractivity contribution in [2.75, 3.05) is 32.8 Å². The highest BCUT2D eigenvalue weighted by Gasteiger charge is 2.26. The van der Waals surface area contributed by atoms with E-state index in [1.807, 2.05) is 31.2 Å². The standard InChI is InChI=1S/C19H22BrClN2O3S/c1-14-5-6-19(17(20)11-14)27(24,25)22-13-18(23-7-9-26-10-8-23)15-3-2-4-16(21)12-15/h2-6,11-12,18,22H,7-10,13H2,1H3. The molecular formula is C19H22BrClN2O3S. The molecule has 0 amide bonds. The van der Waals surface area contributed by atoms with Crippen LogP contribution in [0.1, 0.15) is 17.2 Å². The Labute approximate surface area is 173 Å². The monoisotopic (exact) mass is 472 g/mol. The van der Waals surface area contributed by atoms with Gasteiger partial charge in [0.15, 0.2) is 0 Å². The van der Waals surface area contributed by atoms with Crippen molar-refractivity contribution < 1.29 is 13.2 Å². The molecule has 0 saturated carbocycles. The van der Waals surface area contributed by atoms with E-state index in [4.69, 9.17) is 16.3 Å². The molecule has 27 heavy (non-hydrogen) atoms. The number of nitrogens with zero attached hydrogens (tertiary/aromatic N) is 1. The summed E-state index contributed by atoms with van der Waals surface area (Å²) in [6.07, 6.45) is 0. The summed E-state index contributed by atoms with van der Waals surface area (Å²) in [5.41, 5.74) is 1.97. The summed E-state index contributed by atoms with van der Waals surface area (Å²) in [5, 5.41) is 0.634. The van der Waals surface area contributed by atoms with E-state index in [1.165, 1.54) is 0 Å². The van der Waals surface area contributed by atoms with Gasteiger partial charge in [0.1, 0.15) is 0 Å². The molecule has 2 aromatic rings. The van der Waals surface area contributed by atoms with Gasteiger partial charge in [-0.15, -0.1) is 0 Å². The summed E-state index contributed by atoms with van der Waals surface area (Å²) in [6.45, 7) is 4.92. The predicted molar refractivity (Wildman–Crippen MR) is 111 cm³/mol. The zero-order valence-electron chi connectivity index (χ0n) is 15.0. The summed E-state index contributed by atoms with van der Waals surface area (Å²) >= 11 is 9.52. The normalized spacial score (nSPS) is 17.0. The Kier molecular flexibility index (Phi) is 6.94. The van der Waals surface area contributed by atoms with E-state index >= 15 is 0 Å². The van der Waals surface area contributed by atoms with E-state index in [9.17, 15) is 8.42 Å². The summed E-state index contributed by atoms with van der Waals surface area (Å²) < 4.78 is 34.4. The molecule has 1 N–H and O–H groups in total. The minimum atomic E-state index is -3.65. The number of hydrogen-bond donors (Lipinski definition) is 1. The van der Waals surface area contributed by atoms with E-state index in [0.29, 0.717) is 22.7 Å². The van der Waals surface area contributed by atoms with Gasteiger partial charge in [-0.3, -0.25) is 4.90 Å². The van der Waals surface area contributed by atoms with Gasteiger partial charge in [0.05, 0.1) is 18.1 Å². The third kappa shape index (κ3) is 5.31. The number of nitrogens with one attached hydrogen (secondary N) is 1. The molecule has 0 bridgehead atoms. The highest BCUT2D eigenvalue weighted by molar-refractivity contribution is 9.10. The van der Waals surface area contributed by atoms with E-state index in [-0.39, 0.29) is 17.5 Å². The third-order valence-corrected chi connectivity index (χ3v) is 7.20. The van der Waals surface area contributed by atoms with Crippen LogP contribution in [0, 0.1) is 6.92 Å². The number of ether oxygens (including phenoxy) is 1. The van der Waals surface area contributed by atoms with Crippen molar-refractivity contribution in [2.45, 2.75) is 17.9 Å². The molecule has 5 nitrogen and oxygen atoms in total. The third-order valence-electron chi connectivity index (χ3n) is 4.56. The Hall–Kier alpha value is -0.960. The Morgan fingerprint density at radius 1 is 1.22 bits per heavy atom. The van der Waals surface area contributed by atoms with E-state index < -0.39 is 10.0 Å². The van der Waals surface area contributed by atoms with Crippen molar-refractivity contribution in [3.63, 3.8) is 0 Å². The number of halogens is 2. The van der Waals surface area contributed by atoms with Crippen molar-refractivity contribution in [3.8, 4) is 0 Å². The van der Waals surface area contributed by atoms with Crippen LogP contribution in [0.3, 0.4) is 0 Å². The second-order valence-corrected chi connectivity index (χ2v) is 9.53. The number of morpholine rings is 1. The quantitative estimate of drug-likeness (QED) is 0.694. The lowest BCUT2D eigenvalue weighted by molar-refractivity contribution is 0.0172. The molecule has 146 valence electrons. The first kappa shape index (κ1) is 20.8. The van der Waals surface area contributed by atoms with E-state index in [0.717, 1.165) is 24.2 Å². The smallest absolute Gasteiger partial charge is 0.241 e. The maximum atomic E-state index is 12.8. The molecule has 8 heteroatoms. The number of hydrogen-bond acceptors (Lipinski definition) is 4. The fourth-order valence-corrected chi connectivity index (χ4v) is 5.58. The highest BCUT2D eigenvalue weighted by Crippen LogP contribution is 2.26. The summed E-state index contributed by atoms with van der Waals surface area (Å²) in [4.78, 5) is 2.46. The van der Waals surface area contributed by atoms with Crippen molar-refractivity contribution in [1.29, 1.82) is 0 Å². The fraction of sp³-hybridized carbons (Fsp3) is 0.368. The van der Waals surface area contributed by atoms with Gasteiger partial charge in [-0.1, -0.05) is 29.8 Å². The number of benzene rings is 2. The van der Waals surface area contributed by atoms with E-state index in [1.54, 1.807) is 18.2 Å². The molecule has 0 radical (unpaired) electrons. The van der Waals surface area contributed by atoms with Crippen LogP contribution >= 0.6 is 27.5 Å². The molecule has 2 aromatic carbocycles. The van der Waals surface area contributed by atoms with Crippen LogP contribution in [-0.2, 0) is 14.8 Å². The summed E-state index contributed by atoms with van der Waals surface area (Å²) in [7, 11) is -3.65.